The molecule has 5 nitrogen and oxygen atoms in total. The second-order valence-electron chi connectivity index (χ2n) is 4.06. The molecule has 0 bridgehead atoms. The fraction of sp³-hybridized carbons (Fsp3) is 0.636. The Bertz CT molecular complexity index is 369. The third-order valence-electron chi connectivity index (χ3n) is 3.03. The molecule has 16 heavy (non-hydrogen) atoms. The first-order valence-electron chi connectivity index (χ1n) is 5.69. The molecular weight excluding hydrogens is 204 g/mol. The van der Waals surface area contributed by atoms with Gasteiger partial charge in [0, 0.05) is 12.2 Å². The van der Waals surface area contributed by atoms with Crippen molar-refractivity contribution in [1.29, 1.82) is 0 Å². The van der Waals surface area contributed by atoms with Crippen molar-refractivity contribution in [3.63, 3.8) is 0 Å². The van der Waals surface area contributed by atoms with Gasteiger partial charge in [-0.15, -0.1) is 0 Å². The smallest absolute Gasteiger partial charge is 0.135 e. The first kappa shape index (κ1) is 11.1. The van der Waals surface area contributed by atoms with Crippen LogP contribution in [0.3, 0.4) is 0 Å². The number of hydrogen-bond acceptors (Lipinski definition) is 5. The van der Waals surface area contributed by atoms with Crippen LogP contribution in [-0.4, -0.2) is 28.7 Å². The number of rotatable bonds is 3. The van der Waals surface area contributed by atoms with E-state index in [1.807, 2.05) is 0 Å². The van der Waals surface area contributed by atoms with E-state index in [1.165, 1.54) is 6.33 Å². The summed E-state index contributed by atoms with van der Waals surface area (Å²) in [5, 5.41) is 3.39. The molecule has 5 heteroatoms. The summed E-state index contributed by atoms with van der Waals surface area (Å²) in [5.41, 5.74) is 6.81. The Morgan fingerprint density at radius 2 is 2.38 bits per heavy atom. The second kappa shape index (κ2) is 4.65. The van der Waals surface area contributed by atoms with E-state index >= 15 is 0 Å². The van der Waals surface area contributed by atoms with Crippen molar-refractivity contribution < 1.29 is 4.74 Å². The normalized spacial score (nSPS) is 24.6. The molecule has 2 atom stereocenters. The van der Waals surface area contributed by atoms with Crippen LogP contribution in [0.1, 0.15) is 25.8 Å². The monoisotopic (exact) mass is 222 g/mol. The molecule has 3 N–H and O–H groups in total. The third-order valence-corrected chi connectivity index (χ3v) is 3.03. The summed E-state index contributed by atoms with van der Waals surface area (Å²) < 4.78 is 5.50. The maximum atomic E-state index is 5.82. The predicted molar refractivity (Wildman–Crippen MR) is 63.3 cm³/mol. The maximum absolute atomic E-state index is 5.82. The molecule has 1 saturated heterocycles. The average Bonchev–Trinajstić information content (AvgIpc) is 2.65. The Morgan fingerprint density at radius 1 is 1.56 bits per heavy atom. The molecule has 0 spiro atoms. The Morgan fingerprint density at radius 3 is 3.00 bits per heavy atom. The minimum Gasteiger partial charge on any atom is -0.383 e. The Labute approximate surface area is 95.4 Å². The zero-order valence-electron chi connectivity index (χ0n) is 9.73. The number of anilines is 2. The zero-order chi connectivity index (χ0) is 11.5. The van der Waals surface area contributed by atoms with Crippen LogP contribution >= 0.6 is 0 Å². The summed E-state index contributed by atoms with van der Waals surface area (Å²) in [7, 11) is 0. The van der Waals surface area contributed by atoms with Gasteiger partial charge in [-0.1, -0.05) is 6.92 Å². The molecule has 0 amide bonds. The van der Waals surface area contributed by atoms with E-state index in [1.54, 1.807) is 0 Å². The first-order valence-corrected chi connectivity index (χ1v) is 5.69. The van der Waals surface area contributed by atoms with Crippen LogP contribution in [0.2, 0.25) is 0 Å². The highest BCUT2D eigenvalue weighted by Gasteiger charge is 2.25. The van der Waals surface area contributed by atoms with Crippen molar-refractivity contribution >= 4 is 11.6 Å². The van der Waals surface area contributed by atoms with Crippen LogP contribution in [0.4, 0.5) is 11.6 Å². The number of aromatic nitrogens is 2. The molecule has 88 valence electrons. The van der Waals surface area contributed by atoms with E-state index < -0.39 is 0 Å². The molecule has 2 rings (SSSR count). The molecule has 2 unspecified atom stereocenters. The molecule has 2 heterocycles. The van der Waals surface area contributed by atoms with E-state index in [2.05, 4.69) is 29.1 Å². The maximum Gasteiger partial charge on any atom is 0.135 e. The molecule has 1 aromatic rings. The predicted octanol–water partition coefficient (Wildman–Crippen LogP) is 1.21. The standard InChI is InChI=1S/C11H18N4O/c1-3-8-10(12)13-6-14-11(8)15-9-4-5-16-7(9)2/h6-7,9H,3-5H2,1-2H3,(H3,12,13,14,15). The van der Waals surface area contributed by atoms with Gasteiger partial charge in [0.1, 0.15) is 18.0 Å². The van der Waals surface area contributed by atoms with Crippen molar-refractivity contribution in [2.45, 2.75) is 38.8 Å². The van der Waals surface area contributed by atoms with E-state index in [9.17, 15) is 0 Å². The quantitative estimate of drug-likeness (QED) is 0.804. The van der Waals surface area contributed by atoms with E-state index in [0.717, 1.165) is 30.8 Å². The van der Waals surface area contributed by atoms with Crippen LogP contribution in [0.15, 0.2) is 6.33 Å². The van der Waals surface area contributed by atoms with Gasteiger partial charge in [-0.3, -0.25) is 0 Å². The molecule has 0 aromatic carbocycles. The number of nitrogen functional groups attached to an aromatic ring is 1. The summed E-state index contributed by atoms with van der Waals surface area (Å²) in [6.07, 6.45) is 3.56. The fourth-order valence-electron chi connectivity index (χ4n) is 2.00. The summed E-state index contributed by atoms with van der Waals surface area (Å²) in [6, 6.07) is 0.319. The number of nitrogens with one attached hydrogen (secondary N) is 1. The Balaban J connectivity index is 2.17. The van der Waals surface area contributed by atoms with Crippen molar-refractivity contribution in [1.82, 2.24) is 9.97 Å². The molecule has 1 fully saturated rings. The highest BCUT2D eigenvalue weighted by molar-refractivity contribution is 5.55. The van der Waals surface area contributed by atoms with Gasteiger partial charge >= 0.3 is 0 Å². The van der Waals surface area contributed by atoms with Gasteiger partial charge in [0.15, 0.2) is 0 Å². The van der Waals surface area contributed by atoms with Crippen molar-refractivity contribution in [3.05, 3.63) is 11.9 Å². The van der Waals surface area contributed by atoms with E-state index in [0.29, 0.717) is 11.9 Å². The zero-order valence-corrected chi connectivity index (χ0v) is 9.73. The lowest BCUT2D eigenvalue weighted by molar-refractivity contribution is 0.121. The average molecular weight is 222 g/mol. The Kier molecular flexibility index (Phi) is 3.24. The molecule has 1 aliphatic rings. The SMILES string of the molecule is CCc1c(N)ncnc1NC1CCOC1C. The van der Waals surface area contributed by atoms with Gasteiger partial charge in [-0.25, -0.2) is 9.97 Å². The lowest BCUT2D eigenvalue weighted by Gasteiger charge is -2.18. The minimum absolute atomic E-state index is 0.223. The Hall–Kier alpha value is -1.36. The van der Waals surface area contributed by atoms with Crippen LogP contribution in [0.5, 0.6) is 0 Å². The van der Waals surface area contributed by atoms with Crippen molar-refractivity contribution in [3.8, 4) is 0 Å². The number of nitrogens with zero attached hydrogens (tertiary/aromatic N) is 2. The lowest BCUT2D eigenvalue weighted by atomic mass is 10.1. The topological polar surface area (TPSA) is 73.1 Å². The van der Waals surface area contributed by atoms with Gasteiger partial charge in [0.05, 0.1) is 12.1 Å². The molecule has 0 saturated carbocycles. The molecule has 1 aliphatic heterocycles. The third kappa shape index (κ3) is 2.09. The van der Waals surface area contributed by atoms with Crippen molar-refractivity contribution in [2.75, 3.05) is 17.7 Å². The number of ether oxygens (including phenoxy) is 1. The molecule has 0 radical (unpaired) electrons. The second-order valence-corrected chi connectivity index (χ2v) is 4.06. The van der Waals surface area contributed by atoms with Gasteiger partial charge in [0.2, 0.25) is 0 Å². The summed E-state index contributed by atoms with van der Waals surface area (Å²) in [5.74, 6) is 1.41. The molecule has 1 aromatic heterocycles. The van der Waals surface area contributed by atoms with Crippen molar-refractivity contribution in [2.24, 2.45) is 0 Å². The van der Waals surface area contributed by atoms with Gasteiger partial charge in [-0.2, -0.15) is 0 Å². The highest BCUT2D eigenvalue weighted by atomic mass is 16.5. The van der Waals surface area contributed by atoms with Gasteiger partial charge in [-0.05, 0) is 19.8 Å². The summed E-state index contributed by atoms with van der Waals surface area (Å²) >= 11 is 0. The summed E-state index contributed by atoms with van der Waals surface area (Å²) in [4.78, 5) is 8.25. The fourth-order valence-corrected chi connectivity index (χ4v) is 2.00. The minimum atomic E-state index is 0.223. The van der Waals surface area contributed by atoms with Crippen LogP contribution in [0.25, 0.3) is 0 Å². The van der Waals surface area contributed by atoms with E-state index in [-0.39, 0.29) is 6.10 Å². The first-order chi connectivity index (χ1) is 7.72. The van der Waals surface area contributed by atoms with E-state index in [4.69, 9.17) is 10.5 Å². The van der Waals surface area contributed by atoms with Crippen LogP contribution in [-0.2, 0) is 11.2 Å². The lowest BCUT2D eigenvalue weighted by Crippen LogP contribution is -2.28. The van der Waals surface area contributed by atoms with Crippen LogP contribution in [0, 0.1) is 0 Å². The van der Waals surface area contributed by atoms with Crippen LogP contribution < -0.4 is 11.1 Å². The summed E-state index contributed by atoms with van der Waals surface area (Å²) in [6.45, 7) is 4.93. The highest BCUT2D eigenvalue weighted by Crippen LogP contribution is 2.22. The molecular formula is C11H18N4O. The largest absolute Gasteiger partial charge is 0.383 e. The van der Waals surface area contributed by atoms with Gasteiger partial charge in [0.25, 0.3) is 0 Å². The molecule has 0 aliphatic carbocycles. The number of nitrogens with two attached hydrogens (primary N) is 1. The number of hydrogen-bond donors (Lipinski definition) is 2. The van der Waals surface area contributed by atoms with Gasteiger partial charge < -0.3 is 15.8 Å².